The second kappa shape index (κ2) is 9.75. The molecule has 0 spiro atoms. The number of fused-ring (bicyclic) bond motifs is 1. The molecular formula is C25H26N6O4S. The van der Waals surface area contributed by atoms with E-state index in [4.69, 9.17) is 14.9 Å². The molecule has 2 aromatic rings. The third-order valence-corrected chi connectivity index (χ3v) is 7.15. The number of aromatic nitrogens is 1. The van der Waals surface area contributed by atoms with E-state index in [-0.39, 0.29) is 23.7 Å². The van der Waals surface area contributed by atoms with Crippen molar-refractivity contribution in [2.45, 2.75) is 20.3 Å². The van der Waals surface area contributed by atoms with Gasteiger partial charge in [-0.25, -0.2) is 0 Å². The number of thioether (sulfide) groups is 1. The lowest BCUT2D eigenvalue weighted by Crippen LogP contribution is -2.41. The minimum Gasteiger partial charge on any atom is -0.497 e. The fourth-order valence-corrected chi connectivity index (χ4v) is 5.27. The van der Waals surface area contributed by atoms with Crippen LogP contribution in [-0.2, 0) is 14.3 Å². The monoisotopic (exact) mass is 506 g/mol. The van der Waals surface area contributed by atoms with Crippen molar-refractivity contribution in [2.75, 3.05) is 33.4 Å². The quantitative estimate of drug-likeness (QED) is 0.624. The van der Waals surface area contributed by atoms with Gasteiger partial charge in [0, 0.05) is 36.2 Å². The van der Waals surface area contributed by atoms with E-state index in [0.29, 0.717) is 36.5 Å². The Bertz CT molecular complexity index is 1350. The van der Waals surface area contributed by atoms with Crippen LogP contribution in [0.5, 0.6) is 5.75 Å². The van der Waals surface area contributed by atoms with Gasteiger partial charge in [-0.15, -0.1) is 0 Å². The summed E-state index contributed by atoms with van der Waals surface area (Å²) in [7, 11) is 1.63. The molecule has 186 valence electrons. The largest absolute Gasteiger partial charge is 0.497 e. The normalized spacial score (nSPS) is 18.9. The van der Waals surface area contributed by atoms with E-state index in [1.165, 1.54) is 5.01 Å². The summed E-state index contributed by atoms with van der Waals surface area (Å²) in [6.07, 6.45) is 1.78. The molecule has 0 radical (unpaired) electrons. The maximum atomic E-state index is 12.9. The van der Waals surface area contributed by atoms with Gasteiger partial charge in [0.25, 0.3) is 5.91 Å². The lowest BCUT2D eigenvalue weighted by atomic mass is 10.1. The van der Waals surface area contributed by atoms with Gasteiger partial charge in [0.2, 0.25) is 11.1 Å². The average Bonchev–Trinajstić information content (AvgIpc) is 3.41. The molecule has 2 amide bonds. The number of hydrazone groups is 1. The Balaban J connectivity index is 1.40. The first-order chi connectivity index (χ1) is 17.4. The van der Waals surface area contributed by atoms with Crippen LogP contribution in [0.3, 0.4) is 0 Å². The van der Waals surface area contributed by atoms with Crippen molar-refractivity contribution in [3.05, 3.63) is 52.9 Å². The Hall–Kier alpha value is -3.70. The van der Waals surface area contributed by atoms with Crippen LogP contribution in [0.4, 0.5) is 0 Å². The standard InChI is InChI=1S/C25H26N6O4S/c1-15-11-17(16(2)30(15)18-5-4-6-19(13-18)34-3)12-20-23(26)31-25(27-24(20)33)36-21(28-31)14-22(32)29-7-9-35-10-8-29/h4-6,11-13,26H,7-10,14H2,1-3H3. The van der Waals surface area contributed by atoms with Crippen molar-refractivity contribution in [1.82, 2.24) is 14.5 Å². The van der Waals surface area contributed by atoms with Crippen LogP contribution in [0, 0.1) is 19.3 Å². The SMILES string of the molecule is COc1cccc(-n2c(C)cc(C=C3C(=N)N4N=C(CC(=O)N5CCOCC5)SC4=NC3=O)c2C)c1. The smallest absolute Gasteiger partial charge is 0.283 e. The third-order valence-electron chi connectivity index (χ3n) is 6.24. The Morgan fingerprint density at radius 2 is 2.03 bits per heavy atom. The summed E-state index contributed by atoms with van der Waals surface area (Å²) in [5.41, 5.74) is 3.79. The van der Waals surface area contributed by atoms with Crippen LogP contribution in [0.2, 0.25) is 0 Å². The Morgan fingerprint density at radius 1 is 1.25 bits per heavy atom. The summed E-state index contributed by atoms with van der Waals surface area (Å²) in [5.74, 6) is 0.139. The van der Waals surface area contributed by atoms with Crippen molar-refractivity contribution >= 4 is 45.7 Å². The van der Waals surface area contributed by atoms with Crippen LogP contribution >= 0.6 is 11.8 Å². The van der Waals surface area contributed by atoms with Gasteiger partial charge in [0.15, 0.2) is 5.84 Å². The predicted octanol–water partition coefficient (Wildman–Crippen LogP) is 2.97. The molecule has 1 aromatic carbocycles. The van der Waals surface area contributed by atoms with Crippen LogP contribution in [0.25, 0.3) is 11.8 Å². The highest BCUT2D eigenvalue weighted by molar-refractivity contribution is 8.27. The average molecular weight is 507 g/mol. The number of carbonyl (C=O) groups excluding carboxylic acids is 2. The van der Waals surface area contributed by atoms with Gasteiger partial charge in [-0.3, -0.25) is 15.0 Å². The summed E-state index contributed by atoms with van der Waals surface area (Å²) in [6.45, 7) is 6.10. The number of carbonyl (C=O) groups is 2. The number of aliphatic imine (C=N–C) groups is 1. The second-order valence-electron chi connectivity index (χ2n) is 8.55. The molecule has 4 heterocycles. The molecule has 0 bridgehead atoms. The van der Waals surface area contributed by atoms with Crippen LogP contribution in [0.15, 0.2) is 46.0 Å². The van der Waals surface area contributed by atoms with E-state index in [1.807, 2.05) is 44.2 Å². The fraction of sp³-hybridized carbons (Fsp3) is 0.320. The molecule has 0 aliphatic carbocycles. The lowest BCUT2D eigenvalue weighted by molar-refractivity contribution is -0.133. The van der Waals surface area contributed by atoms with Crippen molar-refractivity contribution in [3.8, 4) is 11.4 Å². The molecule has 1 saturated heterocycles. The number of hydrogen-bond donors (Lipinski definition) is 1. The Labute approximate surface area is 212 Å². The molecule has 36 heavy (non-hydrogen) atoms. The summed E-state index contributed by atoms with van der Waals surface area (Å²) < 4.78 is 12.7. The van der Waals surface area contributed by atoms with Gasteiger partial charge in [0.05, 0.1) is 32.3 Å². The van der Waals surface area contributed by atoms with E-state index in [0.717, 1.165) is 40.2 Å². The summed E-state index contributed by atoms with van der Waals surface area (Å²) in [5, 5.41) is 15.2. The first kappa shape index (κ1) is 24.0. The molecule has 0 saturated carbocycles. The Kier molecular flexibility index (Phi) is 6.50. The van der Waals surface area contributed by atoms with Crippen molar-refractivity contribution < 1.29 is 19.1 Å². The summed E-state index contributed by atoms with van der Waals surface area (Å²) >= 11 is 1.16. The molecule has 1 aromatic heterocycles. The fourth-order valence-electron chi connectivity index (χ4n) is 4.39. The van der Waals surface area contributed by atoms with Gasteiger partial charge in [0.1, 0.15) is 10.8 Å². The number of amides is 2. The van der Waals surface area contributed by atoms with E-state index < -0.39 is 5.91 Å². The maximum absolute atomic E-state index is 12.9. The number of hydrogen-bond acceptors (Lipinski definition) is 7. The van der Waals surface area contributed by atoms with E-state index in [2.05, 4.69) is 14.7 Å². The zero-order valence-electron chi connectivity index (χ0n) is 20.3. The van der Waals surface area contributed by atoms with Crippen LogP contribution < -0.4 is 4.74 Å². The lowest BCUT2D eigenvalue weighted by Gasteiger charge is -2.26. The molecule has 1 fully saturated rings. The number of amidine groups is 2. The van der Waals surface area contributed by atoms with Gasteiger partial charge in [-0.05, 0) is 55.4 Å². The van der Waals surface area contributed by atoms with Gasteiger partial charge < -0.3 is 18.9 Å². The first-order valence-corrected chi connectivity index (χ1v) is 12.4. The summed E-state index contributed by atoms with van der Waals surface area (Å²) in [6, 6.07) is 9.70. The van der Waals surface area contributed by atoms with E-state index >= 15 is 0 Å². The third kappa shape index (κ3) is 4.47. The zero-order valence-corrected chi connectivity index (χ0v) is 21.1. The van der Waals surface area contributed by atoms with Crippen molar-refractivity contribution in [1.29, 1.82) is 5.41 Å². The minimum absolute atomic E-state index is 0.0522. The van der Waals surface area contributed by atoms with Gasteiger partial charge in [-0.2, -0.15) is 15.1 Å². The van der Waals surface area contributed by atoms with Gasteiger partial charge in [-0.1, -0.05) is 6.07 Å². The molecule has 0 atom stereocenters. The maximum Gasteiger partial charge on any atom is 0.283 e. The van der Waals surface area contributed by atoms with Crippen LogP contribution in [0.1, 0.15) is 23.4 Å². The molecule has 5 rings (SSSR count). The zero-order chi connectivity index (χ0) is 25.4. The molecule has 1 N–H and O–H groups in total. The van der Waals surface area contributed by atoms with Crippen LogP contribution in [-0.4, -0.2) is 75.8 Å². The van der Waals surface area contributed by atoms with Gasteiger partial charge >= 0.3 is 0 Å². The highest BCUT2D eigenvalue weighted by Crippen LogP contribution is 2.31. The second-order valence-corrected chi connectivity index (χ2v) is 9.59. The van der Waals surface area contributed by atoms with E-state index in [1.54, 1.807) is 18.1 Å². The number of morpholine rings is 1. The van der Waals surface area contributed by atoms with E-state index in [9.17, 15) is 9.59 Å². The van der Waals surface area contributed by atoms with Crippen molar-refractivity contribution in [2.24, 2.45) is 10.1 Å². The highest BCUT2D eigenvalue weighted by Gasteiger charge is 2.36. The topological polar surface area (TPSA) is 113 Å². The number of nitrogens with one attached hydrogen (secondary N) is 1. The number of aryl methyl sites for hydroxylation is 1. The molecule has 0 unspecified atom stereocenters. The highest BCUT2D eigenvalue weighted by atomic mass is 32.2. The molecule has 3 aliphatic heterocycles. The summed E-state index contributed by atoms with van der Waals surface area (Å²) in [4.78, 5) is 31.4. The molecule has 10 nitrogen and oxygen atoms in total. The number of rotatable bonds is 5. The molecule has 11 heteroatoms. The first-order valence-electron chi connectivity index (χ1n) is 11.5. The number of nitrogens with zero attached hydrogens (tertiary/aromatic N) is 5. The number of methoxy groups -OCH3 is 1. The number of benzene rings is 1. The Morgan fingerprint density at radius 3 is 2.78 bits per heavy atom. The predicted molar refractivity (Wildman–Crippen MR) is 139 cm³/mol. The van der Waals surface area contributed by atoms with Crippen molar-refractivity contribution in [3.63, 3.8) is 0 Å². The minimum atomic E-state index is -0.499. The molecule has 3 aliphatic rings. The number of ether oxygens (including phenoxy) is 2. The molecular weight excluding hydrogens is 480 g/mol.